The second-order valence-electron chi connectivity index (χ2n) is 2.14. The van der Waals surface area contributed by atoms with Crippen molar-refractivity contribution in [1.82, 2.24) is 4.90 Å². The smallest absolute Gasteiger partial charge is 0.0165 e. The molecular weight excluding hydrogens is 277 g/mol. The third-order valence-corrected chi connectivity index (χ3v) is 4.52. The van der Waals surface area contributed by atoms with Crippen molar-refractivity contribution in [1.29, 1.82) is 0 Å². The molecule has 1 nitrogen and oxygen atoms in total. The SMILES string of the molecule is CN(C)CCSSCCI. The molecule has 0 aromatic carbocycles. The predicted octanol–water partition coefficient (Wildman–Crippen LogP) is 2.36. The first-order valence-electron chi connectivity index (χ1n) is 3.22. The highest BCUT2D eigenvalue weighted by Gasteiger charge is 1.90. The van der Waals surface area contributed by atoms with E-state index in [4.69, 9.17) is 0 Å². The topological polar surface area (TPSA) is 3.24 Å². The van der Waals surface area contributed by atoms with Gasteiger partial charge in [-0.3, -0.25) is 0 Å². The Bertz CT molecular complexity index is 70.8. The summed E-state index contributed by atoms with van der Waals surface area (Å²) in [5, 5.41) is 0. The van der Waals surface area contributed by atoms with E-state index in [1.54, 1.807) is 0 Å². The quantitative estimate of drug-likeness (QED) is 0.320. The lowest BCUT2D eigenvalue weighted by molar-refractivity contribution is 0.438. The van der Waals surface area contributed by atoms with E-state index < -0.39 is 0 Å². The zero-order chi connectivity index (χ0) is 7.82. The van der Waals surface area contributed by atoms with Crippen molar-refractivity contribution in [2.24, 2.45) is 0 Å². The Labute approximate surface area is 85.2 Å². The molecule has 0 heterocycles. The minimum absolute atomic E-state index is 1.19. The van der Waals surface area contributed by atoms with Gasteiger partial charge in [0.2, 0.25) is 0 Å². The standard InChI is InChI=1S/C6H14INS2/c1-8(2)4-6-10-9-5-3-7/h3-6H2,1-2H3. The highest BCUT2D eigenvalue weighted by Crippen LogP contribution is 2.20. The average Bonchev–Trinajstić information content (AvgIpc) is 1.87. The van der Waals surface area contributed by atoms with Crippen molar-refractivity contribution in [2.75, 3.05) is 36.6 Å². The third-order valence-electron chi connectivity index (χ3n) is 0.866. The van der Waals surface area contributed by atoms with E-state index in [1.807, 2.05) is 21.6 Å². The van der Waals surface area contributed by atoms with E-state index in [1.165, 1.54) is 22.5 Å². The monoisotopic (exact) mass is 291 g/mol. The van der Waals surface area contributed by atoms with Gasteiger partial charge in [-0.05, 0) is 14.1 Å². The Balaban J connectivity index is 2.77. The van der Waals surface area contributed by atoms with E-state index in [-0.39, 0.29) is 0 Å². The van der Waals surface area contributed by atoms with Crippen LogP contribution < -0.4 is 0 Å². The maximum absolute atomic E-state index is 2.41. The summed E-state index contributed by atoms with van der Waals surface area (Å²) in [6, 6.07) is 0. The first-order chi connectivity index (χ1) is 4.77. The summed E-state index contributed by atoms with van der Waals surface area (Å²) in [7, 11) is 8.18. The molecule has 0 aliphatic heterocycles. The minimum atomic E-state index is 1.19. The molecule has 0 rings (SSSR count). The van der Waals surface area contributed by atoms with Crippen molar-refractivity contribution in [2.45, 2.75) is 0 Å². The van der Waals surface area contributed by atoms with E-state index in [0.717, 1.165) is 0 Å². The highest BCUT2D eigenvalue weighted by molar-refractivity contribution is 14.1. The molecular formula is C6H14INS2. The summed E-state index contributed by atoms with van der Waals surface area (Å²) in [6.45, 7) is 1.19. The maximum Gasteiger partial charge on any atom is 0.0165 e. The third kappa shape index (κ3) is 9.39. The molecule has 10 heavy (non-hydrogen) atoms. The fraction of sp³-hybridized carbons (Fsp3) is 1.00. The second kappa shape index (κ2) is 8.49. The summed E-state index contributed by atoms with van der Waals surface area (Å²) < 4.78 is 1.26. The largest absolute Gasteiger partial charge is 0.309 e. The number of alkyl halides is 1. The molecule has 0 aliphatic carbocycles. The van der Waals surface area contributed by atoms with Crippen LogP contribution in [0.3, 0.4) is 0 Å². The normalized spacial score (nSPS) is 10.8. The zero-order valence-electron chi connectivity index (χ0n) is 6.47. The molecule has 0 fully saturated rings. The second-order valence-corrected chi connectivity index (χ2v) is 5.92. The van der Waals surface area contributed by atoms with Gasteiger partial charge in [0.25, 0.3) is 0 Å². The zero-order valence-corrected chi connectivity index (χ0v) is 10.3. The van der Waals surface area contributed by atoms with Gasteiger partial charge in [0.1, 0.15) is 0 Å². The van der Waals surface area contributed by atoms with Gasteiger partial charge in [0.05, 0.1) is 0 Å². The van der Waals surface area contributed by atoms with Gasteiger partial charge in [-0.2, -0.15) is 0 Å². The molecule has 0 saturated heterocycles. The fourth-order valence-corrected chi connectivity index (χ4v) is 3.85. The fourth-order valence-electron chi connectivity index (χ4n) is 0.369. The van der Waals surface area contributed by atoms with Gasteiger partial charge in [-0.15, -0.1) is 0 Å². The van der Waals surface area contributed by atoms with Gasteiger partial charge in [-0.25, -0.2) is 0 Å². The Morgan fingerprint density at radius 1 is 1.20 bits per heavy atom. The van der Waals surface area contributed by atoms with Crippen LogP contribution in [-0.2, 0) is 0 Å². The molecule has 62 valence electrons. The van der Waals surface area contributed by atoms with Crippen molar-refractivity contribution in [3.8, 4) is 0 Å². The van der Waals surface area contributed by atoms with Gasteiger partial charge < -0.3 is 4.90 Å². The molecule has 0 atom stereocenters. The van der Waals surface area contributed by atoms with E-state index in [0.29, 0.717) is 0 Å². The van der Waals surface area contributed by atoms with E-state index >= 15 is 0 Å². The van der Waals surface area contributed by atoms with Gasteiger partial charge >= 0.3 is 0 Å². The van der Waals surface area contributed by atoms with Gasteiger partial charge in [0.15, 0.2) is 0 Å². The Hall–Kier alpha value is 1.39. The summed E-state index contributed by atoms with van der Waals surface area (Å²) in [5.74, 6) is 2.52. The molecule has 0 saturated carbocycles. The molecule has 0 unspecified atom stereocenters. The molecule has 0 N–H and O–H groups in total. The minimum Gasteiger partial charge on any atom is -0.309 e. The van der Waals surface area contributed by atoms with Crippen molar-refractivity contribution in [3.05, 3.63) is 0 Å². The van der Waals surface area contributed by atoms with Crippen LogP contribution in [0.1, 0.15) is 0 Å². The van der Waals surface area contributed by atoms with Gasteiger partial charge in [0, 0.05) is 22.5 Å². The van der Waals surface area contributed by atoms with Crippen LogP contribution >= 0.6 is 44.2 Å². The molecule has 0 spiro atoms. The summed E-state index contributed by atoms with van der Waals surface area (Å²) in [5.41, 5.74) is 0. The predicted molar refractivity (Wildman–Crippen MR) is 62.4 cm³/mol. The van der Waals surface area contributed by atoms with Crippen LogP contribution in [0.4, 0.5) is 0 Å². The Morgan fingerprint density at radius 3 is 2.30 bits per heavy atom. The molecule has 0 amide bonds. The van der Waals surface area contributed by atoms with E-state index in [2.05, 4.69) is 41.6 Å². The molecule has 4 heteroatoms. The van der Waals surface area contributed by atoms with Crippen LogP contribution in [0.25, 0.3) is 0 Å². The summed E-state index contributed by atoms with van der Waals surface area (Å²) in [4.78, 5) is 2.22. The van der Waals surface area contributed by atoms with Crippen LogP contribution in [0.5, 0.6) is 0 Å². The first kappa shape index (κ1) is 11.4. The summed E-state index contributed by atoms with van der Waals surface area (Å²) in [6.07, 6.45) is 0. The average molecular weight is 291 g/mol. The number of rotatable bonds is 6. The first-order valence-corrected chi connectivity index (χ1v) is 7.24. The van der Waals surface area contributed by atoms with Crippen molar-refractivity contribution >= 4 is 44.2 Å². The lowest BCUT2D eigenvalue weighted by Crippen LogP contribution is -2.14. The maximum atomic E-state index is 2.41. The van der Waals surface area contributed by atoms with E-state index in [9.17, 15) is 0 Å². The van der Waals surface area contributed by atoms with Crippen LogP contribution in [0.2, 0.25) is 0 Å². The highest BCUT2D eigenvalue weighted by atomic mass is 127. The number of hydrogen-bond acceptors (Lipinski definition) is 3. The van der Waals surface area contributed by atoms with Gasteiger partial charge in [-0.1, -0.05) is 44.2 Å². The van der Waals surface area contributed by atoms with Crippen molar-refractivity contribution in [3.63, 3.8) is 0 Å². The van der Waals surface area contributed by atoms with Crippen molar-refractivity contribution < 1.29 is 0 Å². The number of halogens is 1. The number of nitrogens with zero attached hydrogens (tertiary/aromatic N) is 1. The van der Waals surface area contributed by atoms with Crippen LogP contribution in [0.15, 0.2) is 0 Å². The van der Waals surface area contributed by atoms with Crippen LogP contribution in [-0.4, -0.2) is 41.5 Å². The molecule has 0 radical (unpaired) electrons. The molecule has 0 aromatic rings. The summed E-state index contributed by atoms with van der Waals surface area (Å²) >= 11 is 2.41. The number of hydrogen-bond donors (Lipinski definition) is 0. The van der Waals surface area contributed by atoms with Crippen LogP contribution in [0, 0.1) is 0 Å². The molecule has 0 bridgehead atoms. The lowest BCUT2D eigenvalue weighted by atomic mass is 10.7. The Kier molecular flexibility index (Phi) is 9.67. The Morgan fingerprint density at radius 2 is 1.80 bits per heavy atom. The molecule has 0 aliphatic rings. The lowest BCUT2D eigenvalue weighted by Gasteiger charge is -2.07. The molecule has 0 aromatic heterocycles.